The van der Waals surface area contributed by atoms with Crippen molar-refractivity contribution in [2.75, 3.05) is 5.75 Å². The summed E-state index contributed by atoms with van der Waals surface area (Å²) in [4.78, 5) is 0.236. The Bertz CT molecular complexity index is 711. The van der Waals surface area contributed by atoms with Gasteiger partial charge in [-0.2, -0.15) is 0 Å². The van der Waals surface area contributed by atoms with E-state index in [9.17, 15) is 13.5 Å². The van der Waals surface area contributed by atoms with E-state index in [1.165, 1.54) is 0 Å². The molecular formula is C18H22O3S. The molecule has 2 aromatic carbocycles. The molecule has 1 N–H and O–H groups in total. The van der Waals surface area contributed by atoms with Gasteiger partial charge in [-0.25, -0.2) is 8.42 Å². The van der Waals surface area contributed by atoms with E-state index in [0.717, 1.165) is 5.56 Å². The number of sulfone groups is 1. The Balaban J connectivity index is 2.17. The molecule has 0 aliphatic heterocycles. The van der Waals surface area contributed by atoms with Gasteiger partial charge in [0.25, 0.3) is 0 Å². The van der Waals surface area contributed by atoms with E-state index in [0.29, 0.717) is 5.56 Å². The highest BCUT2D eigenvalue weighted by atomic mass is 32.2. The van der Waals surface area contributed by atoms with Gasteiger partial charge < -0.3 is 5.11 Å². The number of aliphatic hydroxyl groups excluding tert-OH is 1. The van der Waals surface area contributed by atoms with Crippen LogP contribution in [0.15, 0.2) is 59.5 Å². The molecule has 0 bridgehead atoms. The number of hydrogen-bond donors (Lipinski definition) is 1. The standard InChI is InChI=1S/C18H22O3S/c1-18(2,3)15-11-9-14(10-12-15)17(19)13-22(20,21)16-7-5-4-6-8-16/h4-12,17,19H,13H2,1-3H3. The first kappa shape index (κ1) is 16.7. The maximum Gasteiger partial charge on any atom is 0.181 e. The fraction of sp³-hybridized carbons (Fsp3) is 0.333. The third-order valence-corrected chi connectivity index (χ3v) is 5.39. The first-order valence-electron chi connectivity index (χ1n) is 7.26. The molecule has 0 heterocycles. The summed E-state index contributed by atoms with van der Waals surface area (Å²) in [5.41, 5.74) is 1.79. The Morgan fingerprint density at radius 3 is 2.00 bits per heavy atom. The quantitative estimate of drug-likeness (QED) is 0.939. The number of rotatable bonds is 4. The van der Waals surface area contributed by atoms with E-state index in [4.69, 9.17) is 0 Å². The number of hydrogen-bond acceptors (Lipinski definition) is 3. The maximum atomic E-state index is 12.3. The Kier molecular flexibility index (Phi) is 4.73. The third kappa shape index (κ3) is 3.96. The van der Waals surface area contributed by atoms with Gasteiger partial charge in [0.1, 0.15) is 0 Å². The van der Waals surface area contributed by atoms with Crippen LogP contribution >= 0.6 is 0 Å². The number of aliphatic hydroxyl groups is 1. The molecule has 2 aromatic rings. The van der Waals surface area contributed by atoms with Gasteiger partial charge >= 0.3 is 0 Å². The lowest BCUT2D eigenvalue weighted by atomic mass is 9.86. The Morgan fingerprint density at radius 1 is 0.955 bits per heavy atom. The van der Waals surface area contributed by atoms with Crippen LogP contribution in [0.5, 0.6) is 0 Å². The molecule has 0 saturated carbocycles. The zero-order valence-corrected chi connectivity index (χ0v) is 14.0. The minimum Gasteiger partial charge on any atom is -0.387 e. The Morgan fingerprint density at radius 2 is 1.50 bits per heavy atom. The van der Waals surface area contributed by atoms with Crippen molar-refractivity contribution < 1.29 is 13.5 Å². The zero-order valence-electron chi connectivity index (χ0n) is 13.2. The maximum absolute atomic E-state index is 12.3. The Labute approximate surface area is 132 Å². The van der Waals surface area contributed by atoms with E-state index in [1.54, 1.807) is 42.5 Å². The van der Waals surface area contributed by atoms with Crippen LogP contribution < -0.4 is 0 Å². The van der Waals surface area contributed by atoms with Crippen LogP contribution in [0, 0.1) is 0 Å². The lowest BCUT2D eigenvalue weighted by molar-refractivity contribution is 0.201. The van der Waals surface area contributed by atoms with Gasteiger partial charge in [0.05, 0.1) is 16.8 Å². The second kappa shape index (κ2) is 6.23. The molecule has 0 fully saturated rings. The normalized spacial score (nSPS) is 13.8. The van der Waals surface area contributed by atoms with Crippen LogP contribution in [0.25, 0.3) is 0 Å². The smallest absolute Gasteiger partial charge is 0.181 e. The van der Waals surface area contributed by atoms with E-state index in [-0.39, 0.29) is 16.1 Å². The molecule has 0 amide bonds. The van der Waals surface area contributed by atoms with Crippen molar-refractivity contribution in [2.45, 2.75) is 37.2 Å². The van der Waals surface area contributed by atoms with Crippen LogP contribution in [0.2, 0.25) is 0 Å². The molecule has 1 unspecified atom stereocenters. The molecule has 0 aliphatic rings. The van der Waals surface area contributed by atoms with Gasteiger partial charge in [-0.3, -0.25) is 0 Å². The van der Waals surface area contributed by atoms with Crippen LogP contribution in [0.4, 0.5) is 0 Å². The first-order valence-corrected chi connectivity index (χ1v) is 8.92. The number of benzene rings is 2. The SMILES string of the molecule is CC(C)(C)c1ccc(C(O)CS(=O)(=O)c2ccccc2)cc1. The van der Waals surface area contributed by atoms with Gasteiger partial charge in [0, 0.05) is 0 Å². The highest BCUT2D eigenvalue weighted by Gasteiger charge is 2.21. The van der Waals surface area contributed by atoms with Crippen LogP contribution in [-0.4, -0.2) is 19.3 Å². The van der Waals surface area contributed by atoms with E-state index in [1.807, 2.05) is 12.1 Å². The predicted octanol–water partition coefficient (Wildman–Crippen LogP) is 3.49. The van der Waals surface area contributed by atoms with Crippen molar-refractivity contribution in [3.05, 3.63) is 65.7 Å². The molecule has 22 heavy (non-hydrogen) atoms. The third-order valence-electron chi connectivity index (χ3n) is 3.64. The van der Waals surface area contributed by atoms with Gasteiger partial charge in [0.15, 0.2) is 9.84 Å². The molecular weight excluding hydrogens is 296 g/mol. The van der Waals surface area contributed by atoms with E-state index < -0.39 is 15.9 Å². The predicted molar refractivity (Wildman–Crippen MR) is 88.6 cm³/mol. The minimum atomic E-state index is -3.50. The van der Waals surface area contributed by atoms with Crippen molar-refractivity contribution in [1.29, 1.82) is 0 Å². The lowest BCUT2D eigenvalue weighted by Gasteiger charge is -2.20. The molecule has 0 aliphatic carbocycles. The zero-order chi connectivity index (χ0) is 16.4. The van der Waals surface area contributed by atoms with Gasteiger partial charge in [-0.1, -0.05) is 63.2 Å². The van der Waals surface area contributed by atoms with Crippen molar-refractivity contribution in [3.63, 3.8) is 0 Å². The molecule has 0 spiro atoms. The average molecular weight is 318 g/mol. The van der Waals surface area contributed by atoms with Crippen molar-refractivity contribution in [2.24, 2.45) is 0 Å². The van der Waals surface area contributed by atoms with Crippen molar-refractivity contribution in [1.82, 2.24) is 0 Å². The van der Waals surface area contributed by atoms with Crippen LogP contribution in [0.1, 0.15) is 38.0 Å². The molecule has 118 valence electrons. The van der Waals surface area contributed by atoms with E-state index >= 15 is 0 Å². The topological polar surface area (TPSA) is 54.4 Å². The average Bonchev–Trinajstić information content (AvgIpc) is 2.47. The molecule has 1 atom stereocenters. The van der Waals surface area contributed by atoms with E-state index in [2.05, 4.69) is 20.8 Å². The highest BCUT2D eigenvalue weighted by molar-refractivity contribution is 7.91. The summed E-state index contributed by atoms with van der Waals surface area (Å²) in [6.45, 7) is 6.33. The monoisotopic (exact) mass is 318 g/mol. The molecule has 0 radical (unpaired) electrons. The van der Waals surface area contributed by atoms with Crippen molar-refractivity contribution in [3.8, 4) is 0 Å². The fourth-order valence-corrected chi connectivity index (χ4v) is 3.61. The van der Waals surface area contributed by atoms with Gasteiger partial charge in [-0.15, -0.1) is 0 Å². The highest BCUT2D eigenvalue weighted by Crippen LogP contribution is 2.25. The van der Waals surface area contributed by atoms with Crippen molar-refractivity contribution >= 4 is 9.84 Å². The summed E-state index contributed by atoms with van der Waals surface area (Å²) >= 11 is 0. The second-order valence-electron chi connectivity index (χ2n) is 6.48. The summed E-state index contributed by atoms with van der Waals surface area (Å²) < 4.78 is 24.6. The summed E-state index contributed by atoms with van der Waals surface area (Å²) in [5, 5.41) is 10.2. The van der Waals surface area contributed by atoms with Gasteiger partial charge in [-0.05, 0) is 28.7 Å². The lowest BCUT2D eigenvalue weighted by Crippen LogP contribution is -2.15. The summed E-state index contributed by atoms with van der Waals surface area (Å²) in [6, 6.07) is 15.7. The summed E-state index contributed by atoms with van der Waals surface area (Å²) in [7, 11) is -3.50. The van der Waals surface area contributed by atoms with Gasteiger partial charge in [0.2, 0.25) is 0 Å². The minimum absolute atomic E-state index is 0.0274. The van der Waals surface area contributed by atoms with Crippen LogP contribution in [0.3, 0.4) is 0 Å². The molecule has 3 nitrogen and oxygen atoms in total. The summed E-state index contributed by atoms with van der Waals surface area (Å²) in [6.07, 6.45) is -1.03. The molecule has 0 saturated heterocycles. The Hall–Kier alpha value is -1.65. The first-order chi connectivity index (χ1) is 10.2. The van der Waals surface area contributed by atoms with Crippen LogP contribution in [-0.2, 0) is 15.3 Å². The molecule has 0 aromatic heterocycles. The largest absolute Gasteiger partial charge is 0.387 e. The molecule has 4 heteroatoms. The summed E-state index contributed by atoms with van der Waals surface area (Å²) in [5.74, 6) is -0.314. The second-order valence-corrected chi connectivity index (χ2v) is 8.52. The molecule has 2 rings (SSSR count). The fourth-order valence-electron chi connectivity index (χ4n) is 2.23.